The van der Waals surface area contributed by atoms with Crippen molar-refractivity contribution in [1.82, 2.24) is 5.01 Å². The highest BCUT2D eigenvalue weighted by molar-refractivity contribution is 5.88. The lowest BCUT2D eigenvalue weighted by Gasteiger charge is -2.15. The van der Waals surface area contributed by atoms with E-state index in [1.165, 1.54) is 0 Å². The van der Waals surface area contributed by atoms with Gasteiger partial charge in [-0.25, -0.2) is 5.01 Å². The molecule has 2 aromatic rings. The molecule has 3 rings (SSSR count). The molecule has 1 aliphatic rings. The Kier molecular flexibility index (Phi) is 3.42. The number of Topliss-reactive ketones (excluding diaryl/α,β-unsaturated/α-hetero) is 1. The van der Waals surface area contributed by atoms with Crippen LogP contribution >= 0.6 is 0 Å². The van der Waals surface area contributed by atoms with Crippen molar-refractivity contribution in [3.8, 4) is 5.75 Å². The van der Waals surface area contributed by atoms with Gasteiger partial charge in [0.1, 0.15) is 17.6 Å². The Labute approximate surface area is 118 Å². The van der Waals surface area contributed by atoms with Crippen LogP contribution in [0.1, 0.15) is 13.3 Å². The molecule has 2 unspecified atom stereocenters. The van der Waals surface area contributed by atoms with E-state index in [9.17, 15) is 4.79 Å². The molecule has 0 saturated carbocycles. The summed E-state index contributed by atoms with van der Waals surface area (Å²) in [4.78, 5) is 11.5. The van der Waals surface area contributed by atoms with Crippen molar-refractivity contribution in [2.75, 3.05) is 6.54 Å². The molecule has 0 aliphatic carbocycles. The number of carbonyl (C=O) groups excluding carboxylic acids is 1. The Bertz CT molecular complexity index is 636. The van der Waals surface area contributed by atoms with Crippen LogP contribution in [0.4, 0.5) is 0 Å². The van der Waals surface area contributed by atoms with Crippen LogP contribution in [0.25, 0.3) is 10.8 Å². The number of hydrogen-bond donors (Lipinski definition) is 1. The highest BCUT2D eigenvalue weighted by atomic mass is 16.5. The molecule has 2 aromatic carbocycles. The fraction of sp³-hybridized carbons (Fsp3) is 0.312. The minimum absolute atomic E-state index is 0.0419. The van der Waals surface area contributed by atoms with Crippen molar-refractivity contribution < 1.29 is 9.53 Å². The zero-order chi connectivity index (χ0) is 14.1. The smallest absolute Gasteiger partial charge is 0.148 e. The molecule has 104 valence electrons. The molecule has 20 heavy (non-hydrogen) atoms. The van der Waals surface area contributed by atoms with Gasteiger partial charge in [-0.3, -0.25) is 10.6 Å². The number of ether oxygens (including phenoxy) is 1. The van der Waals surface area contributed by atoms with Crippen LogP contribution in [0.15, 0.2) is 42.5 Å². The number of hydrogen-bond acceptors (Lipinski definition) is 4. The fourth-order valence-corrected chi connectivity index (χ4v) is 2.78. The van der Waals surface area contributed by atoms with E-state index in [-0.39, 0.29) is 17.9 Å². The van der Waals surface area contributed by atoms with Gasteiger partial charge in [0.15, 0.2) is 0 Å². The summed E-state index contributed by atoms with van der Waals surface area (Å²) in [6, 6.07) is 13.9. The van der Waals surface area contributed by atoms with Gasteiger partial charge >= 0.3 is 0 Å². The van der Waals surface area contributed by atoms with E-state index in [2.05, 4.69) is 12.1 Å². The summed E-state index contributed by atoms with van der Waals surface area (Å²) in [5.74, 6) is 6.82. The minimum atomic E-state index is -0.227. The summed E-state index contributed by atoms with van der Waals surface area (Å²) in [5, 5.41) is 3.82. The number of nitrogens with zero attached hydrogens (tertiary/aromatic N) is 1. The molecule has 0 bridgehead atoms. The largest absolute Gasteiger partial charge is 0.488 e. The summed E-state index contributed by atoms with van der Waals surface area (Å²) in [5.41, 5.74) is 0. The third kappa shape index (κ3) is 2.40. The van der Waals surface area contributed by atoms with Crippen LogP contribution in [0.5, 0.6) is 5.75 Å². The summed E-state index contributed by atoms with van der Waals surface area (Å²) in [6.07, 6.45) is 0.606. The van der Waals surface area contributed by atoms with E-state index in [4.69, 9.17) is 10.6 Å². The Morgan fingerprint density at radius 1 is 1.25 bits per heavy atom. The lowest BCUT2D eigenvalue weighted by Crippen LogP contribution is -2.40. The molecule has 2 N–H and O–H groups in total. The normalized spacial score (nSPS) is 23.1. The predicted octanol–water partition coefficient (Wildman–Crippen LogP) is 2.12. The number of benzene rings is 2. The first kappa shape index (κ1) is 13.1. The SMILES string of the molecule is CC(=O)C1CC(Oc2cccc3ccccc23)CN1N. The second-order valence-electron chi connectivity index (χ2n) is 5.28. The van der Waals surface area contributed by atoms with E-state index >= 15 is 0 Å². The van der Waals surface area contributed by atoms with Crippen LogP contribution in [0.3, 0.4) is 0 Å². The molecule has 1 saturated heterocycles. The molecule has 0 aromatic heterocycles. The predicted molar refractivity (Wildman–Crippen MR) is 78.3 cm³/mol. The number of nitrogens with two attached hydrogens (primary N) is 1. The zero-order valence-electron chi connectivity index (χ0n) is 11.5. The van der Waals surface area contributed by atoms with Crippen LogP contribution in [0, 0.1) is 0 Å². The highest BCUT2D eigenvalue weighted by Gasteiger charge is 2.34. The number of rotatable bonds is 3. The number of fused-ring (bicyclic) bond motifs is 1. The van der Waals surface area contributed by atoms with Gasteiger partial charge in [-0.15, -0.1) is 0 Å². The number of ketones is 1. The van der Waals surface area contributed by atoms with E-state index < -0.39 is 0 Å². The third-order valence-electron chi connectivity index (χ3n) is 3.81. The molecule has 4 nitrogen and oxygen atoms in total. The number of carbonyl (C=O) groups is 1. The van der Waals surface area contributed by atoms with Gasteiger partial charge in [0.25, 0.3) is 0 Å². The first-order chi connectivity index (χ1) is 9.65. The van der Waals surface area contributed by atoms with E-state index in [0.717, 1.165) is 16.5 Å². The number of hydrazine groups is 1. The molecule has 2 atom stereocenters. The van der Waals surface area contributed by atoms with Gasteiger partial charge in [0.05, 0.1) is 12.6 Å². The van der Waals surface area contributed by atoms with Crippen molar-refractivity contribution in [2.45, 2.75) is 25.5 Å². The summed E-state index contributed by atoms with van der Waals surface area (Å²) >= 11 is 0. The molecule has 0 radical (unpaired) electrons. The van der Waals surface area contributed by atoms with Crippen molar-refractivity contribution in [3.05, 3.63) is 42.5 Å². The van der Waals surface area contributed by atoms with Gasteiger partial charge < -0.3 is 4.74 Å². The summed E-state index contributed by atoms with van der Waals surface area (Å²) < 4.78 is 6.07. The first-order valence-electron chi connectivity index (χ1n) is 6.81. The van der Waals surface area contributed by atoms with Gasteiger partial charge in [-0.05, 0) is 18.4 Å². The van der Waals surface area contributed by atoms with Gasteiger partial charge in [-0.2, -0.15) is 0 Å². The zero-order valence-corrected chi connectivity index (χ0v) is 11.5. The molecule has 1 aliphatic heterocycles. The molecular formula is C16H18N2O2. The Morgan fingerprint density at radius 2 is 2.00 bits per heavy atom. The van der Waals surface area contributed by atoms with Gasteiger partial charge in [0, 0.05) is 11.8 Å². The van der Waals surface area contributed by atoms with E-state index in [1.807, 2.05) is 30.3 Å². The van der Waals surface area contributed by atoms with Crippen LogP contribution in [0.2, 0.25) is 0 Å². The molecule has 1 fully saturated rings. The van der Waals surface area contributed by atoms with Crippen molar-refractivity contribution >= 4 is 16.6 Å². The Balaban J connectivity index is 1.82. The molecular weight excluding hydrogens is 252 g/mol. The van der Waals surface area contributed by atoms with Crippen molar-refractivity contribution in [3.63, 3.8) is 0 Å². The second-order valence-corrected chi connectivity index (χ2v) is 5.28. The minimum Gasteiger partial charge on any atom is -0.488 e. The molecule has 1 heterocycles. The standard InChI is InChI=1S/C16H18N2O2/c1-11(19)15-9-13(10-18(15)17)20-16-8-4-6-12-5-2-3-7-14(12)16/h2-8,13,15H,9-10,17H2,1H3. The van der Waals surface area contributed by atoms with Crippen LogP contribution in [-0.2, 0) is 4.79 Å². The third-order valence-corrected chi connectivity index (χ3v) is 3.81. The summed E-state index contributed by atoms with van der Waals surface area (Å²) in [6.45, 7) is 2.15. The van der Waals surface area contributed by atoms with E-state index in [1.54, 1.807) is 11.9 Å². The molecule has 0 amide bonds. The average Bonchev–Trinajstić information content (AvgIpc) is 2.80. The van der Waals surface area contributed by atoms with E-state index in [0.29, 0.717) is 13.0 Å². The quantitative estimate of drug-likeness (QED) is 0.868. The maximum absolute atomic E-state index is 11.5. The average molecular weight is 270 g/mol. The topological polar surface area (TPSA) is 55.6 Å². The second kappa shape index (κ2) is 5.23. The fourth-order valence-electron chi connectivity index (χ4n) is 2.78. The van der Waals surface area contributed by atoms with Gasteiger partial charge in [-0.1, -0.05) is 36.4 Å². The van der Waals surface area contributed by atoms with Crippen LogP contribution < -0.4 is 10.6 Å². The van der Waals surface area contributed by atoms with Crippen molar-refractivity contribution in [2.24, 2.45) is 5.84 Å². The lowest BCUT2D eigenvalue weighted by atomic mass is 10.1. The maximum atomic E-state index is 11.5. The molecule has 0 spiro atoms. The first-order valence-corrected chi connectivity index (χ1v) is 6.81. The molecule has 4 heteroatoms. The highest BCUT2D eigenvalue weighted by Crippen LogP contribution is 2.28. The Morgan fingerprint density at radius 3 is 2.75 bits per heavy atom. The monoisotopic (exact) mass is 270 g/mol. The van der Waals surface area contributed by atoms with Crippen LogP contribution in [-0.4, -0.2) is 29.5 Å². The lowest BCUT2D eigenvalue weighted by molar-refractivity contribution is -0.121. The van der Waals surface area contributed by atoms with Gasteiger partial charge in [0.2, 0.25) is 0 Å². The van der Waals surface area contributed by atoms with Crippen molar-refractivity contribution in [1.29, 1.82) is 0 Å². The maximum Gasteiger partial charge on any atom is 0.148 e. The summed E-state index contributed by atoms with van der Waals surface area (Å²) in [7, 11) is 0. The Hall–Kier alpha value is -1.91.